The van der Waals surface area contributed by atoms with Gasteiger partial charge >= 0.3 is 12.4 Å². The third-order valence-corrected chi connectivity index (χ3v) is 9.05. The van der Waals surface area contributed by atoms with Crippen LogP contribution < -0.4 is 0 Å². The fourth-order valence-corrected chi connectivity index (χ4v) is 6.48. The Morgan fingerprint density at radius 3 is 1.88 bits per heavy atom. The van der Waals surface area contributed by atoms with Crippen LogP contribution in [0.25, 0.3) is 0 Å². The minimum Gasteiger partial charge on any atom is -0.393 e. The highest BCUT2D eigenvalue weighted by Gasteiger charge is 2.42. The van der Waals surface area contributed by atoms with Crippen LogP contribution in [0.1, 0.15) is 80.7 Å². The lowest BCUT2D eigenvalue weighted by Gasteiger charge is -2.47. The molecule has 1 saturated heterocycles. The number of aliphatic hydroxyl groups is 2. The maximum Gasteiger partial charge on any atom is 0.416 e. The Morgan fingerprint density at radius 2 is 1.41 bits per heavy atom. The van der Waals surface area contributed by atoms with Crippen molar-refractivity contribution < 1.29 is 41.3 Å². The molecule has 2 aromatic rings. The largest absolute Gasteiger partial charge is 0.416 e. The number of hydrogen-bond donors (Lipinski definition) is 2. The minimum absolute atomic E-state index is 0.0489. The molecule has 2 aliphatic rings. The van der Waals surface area contributed by atoms with Crippen molar-refractivity contribution >= 4 is 0 Å². The number of alkyl halides is 6. The second kappa shape index (κ2) is 12.2. The first-order valence-corrected chi connectivity index (χ1v) is 14.2. The number of halogens is 6. The van der Waals surface area contributed by atoms with E-state index in [-0.39, 0.29) is 24.2 Å². The molecule has 2 N–H and O–H groups in total. The maximum atomic E-state index is 13.4. The van der Waals surface area contributed by atoms with E-state index >= 15 is 0 Å². The molecule has 228 valence electrons. The van der Waals surface area contributed by atoms with Crippen molar-refractivity contribution in [3.63, 3.8) is 0 Å². The molecule has 1 saturated carbocycles. The summed E-state index contributed by atoms with van der Waals surface area (Å²) in [6.07, 6.45) is -6.32. The Hall–Kier alpha value is -2.14. The van der Waals surface area contributed by atoms with Crippen LogP contribution in [0.15, 0.2) is 48.5 Å². The van der Waals surface area contributed by atoms with Crippen molar-refractivity contribution in [3.8, 4) is 0 Å². The molecule has 1 atom stereocenters. The van der Waals surface area contributed by atoms with Crippen molar-refractivity contribution in [2.45, 2.75) is 87.9 Å². The van der Waals surface area contributed by atoms with Gasteiger partial charge < -0.3 is 19.8 Å². The molecule has 10 heteroatoms. The number of likely N-dealkylation sites (tertiary alicyclic amines) is 1. The minimum atomic E-state index is -4.99. The van der Waals surface area contributed by atoms with Gasteiger partial charge in [-0.15, -0.1) is 0 Å². The first-order chi connectivity index (χ1) is 19.1. The van der Waals surface area contributed by atoms with E-state index < -0.39 is 47.2 Å². The first kappa shape index (κ1) is 31.8. The molecule has 0 radical (unpaired) electrons. The zero-order valence-electron chi connectivity index (χ0n) is 23.4. The lowest BCUT2D eigenvalue weighted by atomic mass is 9.68. The zero-order chi connectivity index (χ0) is 30.1. The maximum absolute atomic E-state index is 13.4. The summed E-state index contributed by atoms with van der Waals surface area (Å²) in [7, 11) is 0. The molecule has 1 aliphatic heterocycles. The van der Waals surface area contributed by atoms with E-state index in [4.69, 9.17) is 4.74 Å². The van der Waals surface area contributed by atoms with E-state index in [1.807, 2.05) is 44.2 Å². The number of rotatable bonds is 8. The van der Waals surface area contributed by atoms with E-state index in [2.05, 4.69) is 4.90 Å². The fourth-order valence-electron chi connectivity index (χ4n) is 6.48. The number of ether oxygens (including phenoxy) is 1. The van der Waals surface area contributed by atoms with Crippen LogP contribution in [0.2, 0.25) is 0 Å². The standard InChI is InChI=1S/C31H39F6NO3/c1-28(2,40)22-10-14-38(15-11-22)26-8-12-29(13-9-26,23-6-4-3-5-7-23)20-41-27(19-39)21-16-24(30(32,33)34)18-25(17-21)31(35,36)37/h3-7,16-18,22,26-27,39-40H,8-15,19-20H2,1-2H3/t26-,27?,29-. The van der Waals surface area contributed by atoms with Gasteiger partial charge in [0.15, 0.2) is 0 Å². The number of piperidine rings is 1. The van der Waals surface area contributed by atoms with Gasteiger partial charge in [0.2, 0.25) is 0 Å². The van der Waals surface area contributed by atoms with Gasteiger partial charge in [-0.2, -0.15) is 26.3 Å². The molecular weight excluding hydrogens is 548 g/mol. The summed E-state index contributed by atoms with van der Waals surface area (Å²) >= 11 is 0. The normalized spacial score (nSPS) is 24.4. The molecule has 0 amide bonds. The summed E-state index contributed by atoms with van der Waals surface area (Å²) in [6.45, 7) is 4.79. The Balaban J connectivity index is 1.52. The van der Waals surface area contributed by atoms with Gasteiger partial charge in [0, 0.05) is 11.5 Å². The molecule has 0 aromatic heterocycles. The quantitative estimate of drug-likeness (QED) is 0.323. The molecule has 0 spiro atoms. The zero-order valence-corrected chi connectivity index (χ0v) is 23.4. The second-order valence-corrected chi connectivity index (χ2v) is 12.2. The van der Waals surface area contributed by atoms with E-state index in [0.29, 0.717) is 18.2 Å². The summed E-state index contributed by atoms with van der Waals surface area (Å²) < 4.78 is 86.7. The molecule has 4 rings (SSSR count). The highest BCUT2D eigenvalue weighted by atomic mass is 19.4. The molecule has 1 unspecified atom stereocenters. The highest BCUT2D eigenvalue weighted by molar-refractivity contribution is 5.35. The summed E-state index contributed by atoms with van der Waals surface area (Å²) in [5.41, 5.74) is -3.43. The van der Waals surface area contributed by atoms with Gasteiger partial charge in [0.25, 0.3) is 0 Å². The SMILES string of the molecule is CC(C)(O)C1CCN([C@H]2CC[C@](COC(CO)c3cc(C(F)(F)F)cc(C(F)(F)F)c3)(c3ccccc3)CC2)CC1. The van der Waals surface area contributed by atoms with Crippen LogP contribution >= 0.6 is 0 Å². The molecule has 0 bridgehead atoms. The van der Waals surface area contributed by atoms with Gasteiger partial charge in [0.05, 0.1) is 29.9 Å². The molecular formula is C31H39F6NO3. The van der Waals surface area contributed by atoms with Crippen molar-refractivity contribution in [2.24, 2.45) is 5.92 Å². The lowest BCUT2D eigenvalue weighted by molar-refractivity contribution is -0.143. The third kappa shape index (κ3) is 7.63. The molecule has 41 heavy (non-hydrogen) atoms. The average molecular weight is 588 g/mol. The Morgan fingerprint density at radius 1 is 0.878 bits per heavy atom. The predicted molar refractivity (Wildman–Crippen MR) is 143 cm³/mol. The van der Waals surface area contributed by atoms with Crippen LogP contribution in [-0.4, -0.2) is 53.1 Å². The van der Waals surface area contributed by atoms with Crippen LogP contribution in [0.5, 0.6) is 0 Å². The van der Waals surface area contributed by atoms with Gasteiger partial charge in [-0.1, -0.05) is 30.3 Å². The smallest absolute Gasteiger partial charge is 0.393 e. The van der Waals surface area contributed by atoms with E-state index in [1.165, 1.54) is 0 Å². The lowest BCUT2D eigenvalue weighted by Crippen LogP contribution is -2.49. The highest BCUT2D eigenvalue weighted by Crippen LogP contribution is 2.44. The van der Waals surface area contributed by atoms with Crippen molar-refractivity contribution in [2.75, 3.05) is 26.3 Å². The van der Waals surface area contributed by atoms with Crippen molar-refractivity contribution in [1.82, 2.24) is 4.90 Å². The van der Waals surface area contributed by atoms with Crippen molar-refractivity contribution in [1.29, 1.82) is 0 Å². The molecule has 4 nitrogen and oxygen atoms in total. The van der Waals surface area contributed by atoms with Gasteiger partial charge in [-0.3, -0.25) is 0 Å². The monoisotopic (exact) mass is 587 g/mol. The predicted octanol–water partition coefficient (Wildman–Crippen LogP) is 7.14. The average Bonchev–Trinajstić information content (AvgIpc) is 2.93. The Bertz CT molecular complexity index is 1100. The first-order valence-electron chi connectivity index (χ1n) is 14.2. The van der Waals surface area contributed by atoms with Gasteiger partial charge in [-0.05, 0) is 101 Å². The Labute approximate surface area is 237 Å². The van der Waals surface area contributed by atoms with E-state index in [9.17, 15) is 36.6 Å². The summed E-state index contributed by atoms with van der Waals surface area (Å²) in [6, 6.07) is 11.3. The summed E-state index contributed by atoms with van der Waals surface area (Å²) in [5.74, 6) is 0.253. The van der Waals surface area contributed by atoms with Crippen LogP contribution in [0, 0.1) is 5.92 Å². The molecule has 2 aromatic carbocycles. The molecule has 2 fully saturated rings. The van der Waals surface area contributed by atoms with Crippen LogP contribution in [-0.2, 0) is 22.5 Å². The second-order valence-electron chi connectivity index (χ2n) is 12.2. The summed E-state index contributed by atoms with van der Waals surface area (Å²) in [4.78, 5) is 2.47. The summed E-state index contributed by atoms with van der Waals surface area (Å²) in [5, 5.41) is 20.4. The number of benzene rings is 2. The Kier molecular flexibility index (Phi) is 9.48. The van der Waals surface area contributed by atoms with Gasteiger partial charge in [0.1, 0.15) is 6.10 Å². The van der Waals surface area contributed by atoms with E-state index in [0.717, 1.165) is 57.2 Å². The molecule has 1 heterocycles. The molecule has 1 aliphatic carbocycles. The number of nitrogens with zero attached hydrogens (tertiary/aromatic N) is 1. The number of hydrogen-bond acceptors (Lipinski definition) is 4. The van der Waals surface area contributed by atoms with E-state index in [1.54, 1.807) is 0 Å². The fraction of sp³-hybridized carbons (Fsp3) is 0.613. The topological polar surface area (TPSA) is 52.9 Å². The number of aliphatic hydroxyl groups excluding tert-OH is 1. The van der Waals surface area contributed by atoms with Crippen LogP contribution in [0.4, 0.5) is 26.3 Å². The van der Waals surface area contributed by atoms with Crippen molar-refractivity contribution in [3.05, 3.63) is 70.8 Å². The van der Waals surface area contributed by atoms with Crippen LogP contribution in [0.3, 0.4) is 0 Å². The van der Waals surface area contributed by atoms with Gasteiger partial charge in [-0.25, -0.2) is 0 Å². The third-order valence-electron chi connectivity index (χ3n) is 9.05.